The van der Waals surface area contributed by atoms with Gasteiger partial charge in [-0.3, -0.25) is 4.84 Å². The molecule has 0 atom stereocenters. The minimum absolute atomic E-state index is 0.240. The molecule has 0 amide bonds. The van der Waals surface area contributed by atoms with Crippen molar-refractivity contribution in [3.63, 3.8) is 0 Å². The first-order chi connectivity index (χ1) is 8.74. The molecule has 2 aromatic rings. The van der Waals surface area contributed by atoms with Gasteiger partial charge in [0.1, 0.15) is 0 Å². The minimum atomic E-state index is -0.950. The van der Waals surface area contributed by atoms with Crippen LogP contribution in [0.3, 0.4) is 0 Å². The van der Waals surface area contributed by atoms with Crippen LogP contribution < -0.4 is 5.90 Å². The monoisotopic (exact) mass is 243 g/mol. The first-order valence-electron chi connectivity index (χ1n) is 5.46. The van der Waals surface area contributed by atoms with E-state index in [4.69, 9.17) is 5.90 Å². The fourth-order valence-electron chi connectivity index (χ4n) is 1.90. The summed E-state index contributed by atoms with van der Waals surface area (Å²) in [5.74, 6) is 4.14. The number of rotatable bonds is 4. The lowest BCUT2D eigenvalue weighted by Gasteiger charge is -2.11. The number of carbonyl (C=O) groups is 1. The third kappa shape index (κ3) is 2.40. The van der Waals surface area contributed by atoms with E-state index in [0.717, 1.165) is 11.1 Å². The van der Waals surface area contributed by atoms with Crippen molar-refractivity contribution < 1.29 is 14.7 Å². The zero-order valence-electron chi connectivity index (χ0n) is 9.67. The first kappa shape index (κ1) is 12.3. The van der Waals surface area contributed by atoms with Crippen molar-refractivity contribution in [2.45, 2.75) is 6.61 Å². The molecule has 2 aromatic carbocycles. The maximum absolute atomic E-state index is 11.2. The predicted molar refractivity (Wildman–Crippen MR) is 67.8 cm³/mol. The van der Waals surface area contributed by atoms with E-state index in [2.05, 4.69) is 4.84 Å². The molecule has 4 nitrogen and oxygen atoms in total. The van der Waals surface area contributed by atoms with Crippen molar-refractivity contribution in [1.82, 2.24) is 0 Å². The Labute approximate surface area is 105 Å². The molecule has 0 saturated carbocycles. The Kier molecular flexibility index (Phi) is 3.72. The number of nitrogens with two attached hydrogens (primary N) is 1. The van der Waals surface area contributed by atoms with Crippen LogP contribution in [0.5, 0.6) is 0 Å². The molecule has 4 heteroatoms. The van der Waals surface area contributed by atoms with Gasteiger partial charge in [0, 0.05) is 0 Å². The third-order valence-corrected chi connectivity index (χ3v) is 2.70. The molecule has 0 saturated heterocycles. The topological polar surface area (TPSA) is 72.5 Å². The molecule has 0 bridgehead atoms. The van der Waals surface area contributed by atoms with Gasteiger partial charge in [-0.25, -0.2) is 10.7 Å². The molecule has 0 aliphatic rings. The maximum atomic E-state index is 11.2. The minimum Gasteiger partial charge on any atom is -0.478 e. The highest BCUT2D eigenvalue weighted by Gasteiger charge is 2.13. The number of aromatic carboxylic acids is 1. The van der Waals surface area contributed by atoms with Crippen LogP contribution in [-0.2, 0) is 11.4 Å². The van der Waals surface area contributed by atoms with Gasteiger partial charge < -0.3 is 5.11 Å². The van der Waals surface area contributed by atoms with E-state index in [1.54, 1.807) is 18.2 Å². The Balaban J connectivity index is 2.58. The van der Waals surface area contributed by atoms with E-state index in [9.17, 15) is 9.90 Å². The molecule has 2 rings (SSSR count). The quantitative estimate of drug-likeness (QED) is 0.809. The average Bonchev–Trinajstić information content (AvgIpc) is 2.40. The van der Waals surface area contributed by atoms with Gasteiger partial charge in [-0.1, -0.05) is 42.5 Å². The summed E-state index contributed by atoms with van der Waals surface area (Å²) in [7, 11) is 0. The average molecular weight is 243 g/mol. The molecule has 92 valence electrons. The second-order valence-electron chi connectivity index (χ2n) is 3.82. The molecule has 3 N–H and O–H groups in total. The number of hydrogen-bond donors (Lipinski definition) is 2. The highest BCUT2D eigenvalue weighted by molar-refractivity contribution is 5.96. The SMILES string of the molecule is NOCc1ccccc1-c1ccccc1C(=O)O. The van der Waals surface area contributed by atoms with Crippen molar-refractivity contribution in [3.05, 3.63) is 59.7 Å². The van der Waals surface area contributed by atoms with E-state index >= 15 is 0 Å². The first-order valence-corrected chi connectivity index (χ1v) is 5.46. The van der Waals surface area contributed by atoms with Crippen molar-refractivity contribution in [2.75, 3.05) is 0 Å². The van der Waals surface area contributed by atoms with Gasteiger partial charge in [-0.2, -0.15) is 0 Å². The summed E-state index contributed by atoms with van der Waals surface area (Å²) in [5, 5.41) is 9.19. The fraction of sp³-hybridized carbons (Fsp3) is 0.0714. The van der Waals surface area contributed by atoms with Crippen LogP contribution in [0.1, 0.15) is 15.9 Å². The molecule has 0 aromatic heterocycles. The molecule has 0 heterocycles. The molecule has 0 unspecified atom stereocenters. The van der Waals surface area contributed by atoms with Crippen LogP contribution in [0.2, 0.25) is 0 Å². The van der Waals surface area contributed by atoms with E-state index < -0.39 is 5.97 Å². The summed E-state index contributed by atoms with van der Waals surface area (Å²) in [6, 6.07) is 14.3. The van der Waals surface area contributed by atoms with Crippen LogP contribution in [0, 0.1) is 0 Å². The van der Waals surface area contributed by atoms with Crippen molar-refractivity contribution in [1.29, 1.82) is 0 Å². The lowest BCUT2D eigenvalue weighted by Crippen LogP contribution is -2.03. The van der Waals surface area contributed by atoms with Gasteiger partial charge >= 0.3 is 5.97 Å². The highest BCUT2D eigenvalue weighted by Crippen LogP contribution is 2.27. The lowest BCUT2D eigenvalue weighted by atomic mass is 9.96. The van der Waals surface area contributed by atoms with Crippen LogP contribution in [0.4, 0.5) is 0 Å². The second-order valence-corrected chi connectivity index (χ2v) is 3.82. The Hall–Kier alpha value is -2.17. The second kappa shape index (κ2) is 5.44. The summed E-state index contributed by atoms with van der Waals surface area (Å²) < 4.78 is 0. The summed E-state index contributed by atoms with van der Waals surface area (Å²) in [4.78, 5) is 15.9. The van der Waals surface area contributed by atoms with Crippen molar-refractivity contribution >= 4 is 5.97 Å². The van der Waals surface area contributed by atoms with E-state index in [0.29, 0.717) is 5.56 Å². The van der Waals surface area contributed by atoms with Crippen molar-refractivity contribution in [3.8, 4) is 11.1 Å². The molecule has 0 fully saturated rings. The van der Waals surface area contributed by atoms with Crippen LogP contribution >= 0.6 is 0 Å². The van der Waals surface area contributed by atoms with Gasteiger partial charge in [-0.05, 0) is 22.8 Å². The Morgan fingerprint density at radius 2 is 1.67 bits per heavy atom. The molecule has 0 spiro atoms. The normalized spacial score (nSPS) is 10.3. The zero-order valence-corrected chi connectivity index (χ0v) is 9.67. The zero-order chi connectivity index (χ0) is 13.0. The largest absolute Gasteiger partial charge is 0.478 e. The van der Waals surface area contributed by atoms with Gasteiger partial charge in [0.05, 0.1) is 12.2 Å². The Morgan fingerprint density at radius 1 is 1.06 bits per heavy atom. The van der Waals surface area contributed by atoms with E-state index in [1.807, 2.05) is 30.3 Å². The summed E-state index contributed by atoms with van der Waals surface area (Å²) in [5.41, 5.74) is 2.61. The summed E-state index contributed by atoms with van der Waals surface area (Å²) in [6.45, 7) is 0.240. The highest BCUT2D eigenvalue weighted by atomic mass is 16.6. The number of carboxylic acid groups (broad SMARTS) is 1. The Morgan fingerprint density at radius 3 is 2.33 bits per heavy atom. The molecule has 0 radical (unpaired) electrons. The predicted octanol–water partition coefficient (Wildman–Crippen LogP) is 2.44. The van der Waals surface area contributed by atoms with Crippen LogP contribution in [0.25, 0.3) is 11.1 Å². The number of benzene rings is 2. The van der Waals surface area contributed by atoms with Gasteiger partial charge in [0.2, 0.25) is 0 Å². The number of carboxylic acids is 1. The fourth-order valence-corrected chi connectivity index (χ4v) is 1.90. The van der Waals surface area contributed by atoms with Gasteiger partial charge in [-0.15, -0.1) is 0 Å². The lowest BCUT2D eigenvalue weighted by molar-refractivity contribution is 0.0697. The summed E-state index contributed by atoms with van der Waals surface area (Å²) >= 11 is 0. The van der Waals surface area contributed by atoms with Gasteiger partial charge in [0.25, 0.3) is 0 Å². The van der Waals surface area contributed by atoms with Crippen LogP contribution in [-0.4, -0.2) is 11.1 Å². The molecule has 0 aliphatic carbocycles. The third-order valence-electron chi connectivity index (χ3n) is 2.70. The molecule has 18 heavy (non-hydrogen) atoms. The van der Waals surface area contributed by atoms with Crippen LogP contribution in [0.15, 0.2) is 48.5 Å². The van der Waals surface area contributed by atoms with Crippen molar-refractivity contribution in [2.24, 2.45) is 5.90 Å². The molecule has 0 aliphatic heterocycles. The number of hydrogen-bond acceptors (Lipinski definition) is 3. The molecular weight excluding hydrogens is 230 g/mol. The van der Waals surface area contributed by atoms with E-state index in [1.165, 1.54) is 0 Å². The molecular formula is C14H13NO3. The standard InChI is InChI=1S/C14H13NO3/c15-18-9-10-5-1-2-6-11(10)12-7-3-4-8-13(12)14(16)17/h1-8H,9,15H2,(H,16,17). The summed E-state index contributed by atoms with van der Waals surface area (Å²) in [6.07, 6.45) is 0. The van der Waals surface area contributed by atoms with E-state index in [-0.39, 0.29) is 12.2 Å². The Bertz CT molecular complexity index is 566. The maximum Gasteiger partial charge on any atom is 0.336 e. The smallest absolute Gasteiger partial charge is 0.336 e. The van der Waals surface area contributed by atoms with Gasteiger partial charge in [0.15, 0.2) is 0 Å².